The zero-order valence-corrected chi connectivity index (χ0v) is 11.0. The molecule has 0 aliphatic rings. The summed E-state index contributed by atoms with van der Waals surface area (Å²) in [6, 6.07) is 5.28. The van der Waals surface area contributed by atoms with Gasteiger partial charge in [0.15, 0.2) is 0 Å². The SMILES string of the molecule is COC(=O)c1cc(CN)ccc1OC(C)C.Cl. The highest BCUT2D eigenvalue weighted by Gasteiger charge is 2.14. The van der Waals surface area contributed by atoms with Crippen LogP contribution in [-0.4, -0.2) is 19.2 Å². The monoisotopic (exact) mass is 259 g/mol. The van der Waals surface area contributed by atoms with Crippen LogP contribution in [0.4, 0.5) is 0 Å². The van der Waals surface area contributed by atoms with Crippen LogP contribution in [0.5, 0.6) is 5.75 Å². The smallest absolute Gasteiger partial charge is 0.341 e. The number of hydrogen-bond donors (Lipinski definition) is 1. The summed E-state index contributed by atoms with van der Waals surface area (Å²) >= 11 is 0. The molecule has 0 radical (unpaired) electrons. The van der Waals surface area contributed by atoms with Crippen LogP contribution in [0.2, 0.25) is 0 Å². The first kappa shape index (κ1) is 15.7. The lowest BCUT2D eigenvalue weighted by Gasteiger charge is -2.13. The molecule has 5 heteroatoms. The zero-order valence-electron chi connectivity index (χ0n) is 10.2. The molecular weight excluding hydrogens is 242 g/mol. The Balaban J connectivity index is 0.00000256. The van der Waals surface area contributed by atoms with E-state index in [1.54, 1.807) is 12.1 Å². The van der Waals surface area contributed by atoms with Gasteiger partial charge < -0.3 is 15.2 Å². The van der Waals surface area contributed by atoms with Gasteiger partial charge >= 0.3 is 5.97 Å². The third-order valence-electron chi connectivity index (χ3n) is 2.05. The van der Waals surface area contributed by atoms with E-state index in [9.17, 15) is 4.79 Å². The minimum Gasteiger partial charge on any atom is -0.490 e. The minimum atomic E-state index is -0.411. The Kier molecular flexibility index (Phi) is 6.61. The van der Waals surface area contributed by atoms with E-state index in [0.29, 0.717) is 17.9 Å². The fourth-order valence-corrected chi connectivity index (χ4v) is 1.33. The van der Waals surface area contributed by atoms with E-state index in [-0.39, 0.29) is 18.5 Å². The molecule has 0 saturated heterocycles. The first-order valence-electron chi connectivity index (χ1n) is 5.16. The number of hydrogen-bond acceptors (Lipinski definition) is 4. The molecule has 1 rings (SSSR count). The normalized spacial score (nSPS) is 9.71. The molecule has 0 aliphatic heterocycles. The Morgan fingerprint density at radius 1 is 1.41 bits per heavy atom. The van der Waals surface area contributed by atoms with E-state index in [1.807, 2.05) is 19.9 Å². The maximum atomic E-state index is 11.5. The van der Waals surface area contributed by atoms with Gasteiger partial charge in [-0.2, -0.15) is 0 Å². The number of rotatable bonds is 4. The second kappa shape index (κ2) is 7.14. The summed E-state index contributed by atoms with van der Waals surface area (Å²) in [6.07, 6.45) is 0.00660. The molecule has 0 atom stereocenters. The summed E-state index contributed by atoms with van der Waals surface area (Å²) in [7, 11) is 1.34. The van der Waals surface area contributed by atoms with Gasteiger partial charge in [0.2, 0.25) is 0 Å². The van der Waals surface area contributed by atoms with Crippen LogP contribution in [0.15, 0.2) is 18.2 Å². The van der Waals surface area contributed by atoms with Crippen molar-refractivity contribution >= 4 is 18.4 Å². The molecule has 0 heterocycles. The molecule has 2 N–H and O–H groups in total. The van der Waals surface area contributed by atoms with E-state index in [4.69, 9.17) is 15.2 Å². The first-order valence-corrected chi connectivity index (χ1v) is 5.16. The summed E-state index contributed by atoms with van der Waals surface area (Å²) in [5, 5.41) is 0. The average Bonchev–Trinajstić information content (AvgIpc) is 2.28. The predicted octanol–water partition coefficient (Wildman–Crippen LogP) is 2.14. The summed E-state index contributed by atoms with van der Waals surface area (Å²) in [5.74, 6) is 0.116. The number of benzene rings is 1. The van der Waals surface area contributed by atoms with E-state index < -0.39 is 5.97 Å². The van der Waals surface area contributed by atoms with E-state index >= 15 is 0 Å². The molecule has 0 unspecified atom stereocenters. The number of methoxy groups -OCH3 is 1. The average molecular weight is 260 g/mol. The molecule has 0 amide bonds. The third-order valence-corrected chi connectivity index (χ3v) is 2.05. The quantitative estimate of drug-likeness (QED) is 0.842. The van der Waals surface area contributed by atoms with Crippen LogP contribution in [0.25, 0.3) is 0 Å². The van der Waals surface area contributed by atoms with Gasteiger partial charge in [0.05, 0.1) is 13.2 Å². The van der Waals surface area contributed by atoms with Gasteiger partial charge in [-0.15, -0.1) is 12.4 Å². The Morgan fingerprint density at radius 3 is 2.53 bits per heavy atom. The van der Waals surface area contributed by atoms with Crippen LogP contribution in [0, 0.1) is 0 Å². The number of nitrogens with two attached hydrogens (primary N) is 1. The van der Waals surface area contributed by atoms with Gasteiger partial charge in [0.25, 0.3) is 0 Å². The number of carbonyl (C=O) groups excluding carboxylic acids is 1. The van der Waals surface area contributed by atoms with Crippen molar-refractivity contribution in [2.45, 2.75) is 26.5 Å². The highest BCUT2D eigenvalue weighted by molar-refractivity contribution is 5.92. The molecule has 1 aromatic rings. The fourth-order valence-electron chi connectivity index (χ4n) is 1.33. The van der Waals surface area contributed by atoms with Crippen molar-refractivity contribution in [3.8, 4) is 5.75 Å². The first-order chi connectivity index (χ1) is 7.58. The lowest BCUT2D eigenvalue weighted by atomic mass is 10.1. The van der Waals surface area contributed by atoms with Gasteiger partial charge in [-0.1, -0.05) is 6.07 Å². The molecule has 0 aromatic heterocycles. The van der Waals surface area contributed by atoms with Gasteiger partial charge in [-0.25, -0.2) is 4.79 Å². The number of halogens is 1. The minimum absolute atomic E-state index is 0. The highest BCUT2D eigenvalue weighted by atomic mass is 35.5. The van der Waals surface area contributed by atoms with Crippen molar-refractivity contribution in [1.29, 1.82) is 0 Å². The molecular formula is C12H18ClNO3. The van der Waals surface area contributed by atoms with Crippen LogP contribution in [-0.2, 0) is 11.3 Å². The van der Waals surface area contributed by atoms with Crippen molar-refractivity contribution in [1.82, 2.24) is 0 Å². The number of esters is 1. The lowest BCUT2D eigenvalue weighted by Crippen LogP contribution is -2.12. The largest absolute Gasteiger partial charge is 0.490 e. The highest BCUT2D eigenvalue weighted by Crippen LogP contribution is 2.22. The zero-order chi connectivity index (χ0) is 12.1. The Morgan fingerprint density at radius 2 is 2.06 bits per heavy atom. The standard InChI is InChI=1S/C12H17NO3.ClH/c1-8(2)16-11-5-4-9(7-13)6-10(11)12(14)15-3;/h4-6,8H,7,13H2,1-3H3;1H. The van der Waals surface area contributed by atoms with Gasteiger partial charge in [0, 0.05) is 6.54 Å². The maximum absolute atomic E-state index is 11.5. The molecule has 1 aromatic carbocycles. The van der Waals surface area contributed by atoms with Gasteiger partial charge in [-0.05, 0) is 31.5 Å². The summed E-state index contributed by atoms with van der Waals surface area (Å²) in [4.78, 5) is 11.5. The second-order valence-electron chi connectivity index (χ2n) is 3.69. The topological polar surface area (TPSA) is 61.5 Å². The van der Waals surface area contributed by atoms with Crippen LogP contribution in [0.1, 0.15) is 29.8 Å². The molecule has 96 valence electrons. The molecule has 0 spiro atoms. The fraction of sp³-hybridized carbons (Fsp3) is 0.417. The predicted molar refractivity (Wildman–Crippen MR) is 68.7 cm³/mol. The van der Waals surface area contributed by atoms with Crippen molar-refractivity contribution in [3.63, 3.8) is 0 Å². The van der Waals surface area contributed by atoms with Crippen molar-refractivity contribution in [3.05, 3.63) is 29.3 Å². The van der Waals surface area contributed by atoms with Crippen molar-refractivity contribution in [2.75, 3.05) is 7.11 Å². The Bertz CT molecular complexity index is 380. The lowest BCUT2D eigenvalue weighted by molar-refractivity contribution is 0.0594. The Hall–Kier alpha value is -1.26. The van der Waals surface area contributed by atoms with E-state index in [1.165, 1.54) is 7.11 Å². The third kappa shape index (κ3) is 4.24. The molecule has 17 heavy (non-hydrogen) atoms. The molecule has 0 fully saturated rings. The Labute approximate surface area is 108 Å². The second-order valence-corrected chi connectivity index (χ2v) is 3.69. The van der Waals surface area contributed by atoms with Gasteiger partial charge in [-0.3, -0.25) is 0 Å². The van der Waals surface area contributed by atoms with Gasteiger partial charge in [0.1, 0.15) is 11.3 Å². The van der Waals surface area contributed by atoms with Crippen LogP contribution >= 0.6 is 12.4 Å². The molecule has 0 aliphatic carbocycles. The number of ether oxygens (including phenoxy) is 2. The van der Waals surface area contributed by atoms with Crippen molar-refractivity contribution < 1.29 is 14.3 Å². The summed E-state index contributed by atoms with van der Waals surface area (Å²) in [5.41, 5.74) is 6.81. The molecule has 0 saturated carbocycles. The maximum Gasteiger partial charge on any atom is 0.341 e. The van der Waals surface area contributed by atoms with Crippen LogP contribution in [0.3, 0.4) is 0 Å². The van der Waals surface area contributed by atoms with E-state index in [2.05, 4.69) is 0 Å². The van der Waals surface area contributed by atoms with Crippen molar-refractivity contribution in [2.24, 2.45) is 5.73 Å². The summed E-state index contributed by atoms with van der Waals surface area (Å²) < 4.78 is 10.2. The van der Waals surface area contributed by atoms with E-state index in [0.717, 1.165) is 5.56 Å². The molecule has 0 bridgehead atoms. The van der Waals surface area contributed by atoms with Crippen LogP contribution < -0.4 is 10.5 Å². The molecule has 4 nitrogen and oxygen atoms in total. The number of carbonyl (C=O) groups is 1. The summed E-state index contributed by atoms with van der Waals surface area (Å²) in [6.45, 7) is 4.18.